The maximum atomic E-state index is 11.3. The third kappa shape index (κ3) is 3.30. The number of H-pyrrole nitrogens is 1. The fourth-order valence-corrected chi connectivity index (χ4v) is 1.09. The first-order chi connectivity index (χ1) is 6.11. The molecule has 1 aromatic heterocycles. The van der Waals surface area contributed by atoms with Crippen LogP contribution >= 0.6 is 0 Å². The Labute approximate surface area is 84.4 Å². The lowest BCUT2D eigenvalue weighted by Gasteiger charge is -2.10. The minimum atomic E-state index is -0.916. The zero-order valence-electron chi connectivity index (χ0n) is 7.82. The highest BCUT2D eigenvalue weighted by atomic mass is 16.3. The molecule has 1 aromatic rings. The van der Waals surface area contributed by atoms with Gasteiger partial charge in [-0.15, -0.1) is 0 Å². The molecule has 2 N–H and O–H groups in total. The molecule has 0 aliphatic heterocycles. The van der Waals surface area contributed by atoms with E-state index in [1.54, 1.807) is 20.0 Å². The van der Waals surface area contributed by atoms with E-state index in [9.17, 15) is 9.90 Å². The van der Waals surface area contributed by atoms with Crippen LogP contribution in [0.25, 0.3) is 0 Å². The molecule has 0 fully saturated rings. The lowest BCUT2D eigenvalue weighted by atomic mass is 10.0. The van der Waals surface area contributed by atoms with Gasteiger partial charge in [0.25, 0.3) is 0 Å². The van der Waals surface area contributed by atoms with Gasteiger partial charge in [-0.25, -0.2) is 4.98 Å². The molecule has 0 saturated carbocycles. The van der Waals surface area contributed by atoms with Gasteiger partial charge in [-0.05, 0) is 0 Å². The molecular weight excluding hydrogens is 180 g/mol. The number of nitrogens with one attached hydrogen (secondary N) is 1. The molecule has 0 aromatic carbocycles. The van der Waals surface area contributed by atoms with E-state index in [-0.39, 0.29) is 19.1 Å². The normalized spacial score (nSPS) is 12.3. The number of imidazole rings is 1. The predicted molar refractivity (Wildman–Crippen MR) is 54.9 cm³/mol. The lowest BCUT2D eigenvalue weighted by Crippen LogP contribution is -2.27. The van der Waals surface area contributed by atoms with Crippen molar-refractivity contribution in [2.24, 2.45) is 5.92 Å². The van der Waals surface area contributed by atoms with E-state index < -0.39 is 6.10 Å². The van der Waals surface area contributed by atoms with Crippen LogP contribution in [0.1, 0.15) is 27.0 Å². The summed E-state index contributed by atoms with van der Waals surface area (Å²) in [5.74, 6) is -0.257. The fraction of sp³-hybridized carbons (Fsp3) is 0.600. The molecule has 0 bridgehead atoms. The smallest absolute Gasteiger partial charge is 0.164 e. The van der Waals surface area contributed by atoms with Crippen LogP contribution in [0.4, 0.5) is 0 Å². The molecule has 0 aliphatic carbocycles. The van der Waals surface area contributed by atoms with E-state index in [1.165, 1.54) is 6.33 Å². The number of ketones is 1. The number of carbonyl (C=O) groups excluding carboxylic acids is 1. The van der Waals surface area contributed by atoms with E-state index >= 15 is 0 Å². The van der Waals surface area contributed by atoms with E-state index in [2.05, 4.69) is 9.97 Å². The van der Waals surface area contributed by atoms with Crippen molar-refractivity contribution in [3.05, 3.63) is 18.2 Å². The topological polar surface area (TPSA) is 66.0 Å². The minimum absolute atomic E-state index is 0. The first-order valence-corrected chi connectivity index (χ1v) is 4.30. The molecule has 0 spiro atoms. The maximum Gasteiger partial charge on any atom is 0.164 e. The van der Waals surface area contributed by atoms with Crippen molar-refractivity contribution in [2.75, 3.05) is 0 Å². The summed E-state index contributed by atoms with van der Waals surface area (Å²) in [6.07, 6.45) is 2.54. The third-order valence-electron chi connectivity index (χ3n) is 1.87. The Kier molecular flexibility index (Phi) is 5.09. The Hall–Kier alpha value is -1.16. The molecule has 4 nitrogen and oxygen atoms in total. The summed E-state index contributed by atoms with van der Waals surface area (Å²) in [4.78, 5) is 17.9. The largest absolute Gasteiger partial charge is 0.385 e. The molecule has 0 radical (unpaired) electrons. The second kappa shape index (κ2) is 5.54. The number of carbonyl (C=O) groups is 1. The number of aliphatic hydroxyl groups excluding tert-OH is 1. The summed E-state index contributed by atoms with van der Waals surface area (Å²) < 4.78 is 0. The number of hydrogen-bond donors (Lipinski definition) is 2. The highest BCUT2D eigenvalue weighted by Crippen LogP contribution is 2.04. The highest BCUT2D eigenvalue weighted by molar-refractivity contribution is 5.84. The van der Waals surface area contributed by atoms with E-state index in [0.29, 0.717) is 6.42 Å². The molecule has 0 aliphatic rings. The summed E-state index contributed by atoms with van der Waals surface area (Å²) in [5, 5.41) is 9.46. The number of rotatable bonds is 4. The van der Waals surface area contributed by atoms with Crippen molar-refractivity contribution < 1.29 is 9.90 Å². The monoisotopic (exact) mass is 198 g/mol. The Bertz CT molecular complexity index is 268. The molecule has 14 heavy (non-hydrogen) atoms. The van der Waals surface area contributed by atoms with Crippen molar-refractivity contribution in [3.63, 3.8) is 0 Å². The summed E-state index contributed by atoms with van der Waals surface area (Å²) in [7, 11) is 0. The van der Waals surface area contributed by atoms with Crippen molar-refractivity contribution in [1.29, 1.82) is 0 Å². The molecule has 1 heterocycles. The Morgan fingerprint density at radius 3 is 2.71 bits per heavy atom. The van der Waals surface area contributed by atoms with Gasteiger partial charge in [0.2, 0.25) is 0 Å². The third-order valence-corrected chi connectivity index (χ3v) is 1.87. The number of nitrogens with zero attached hydrogens (tertiary/aromatic N) is 1. The van der Waals surface area contributed by atoms with Crippen LogP contribution in [-0.2, 0) is 11.2 Å². The van der Waals surface area contributed by atoms with Gasteiger partial charge in [-0.1, -0.05) is 21.3 Å². The molecule has 0 unspecified atom stereocenters. The zero-order chi connectivity index (χ0) is 9.84. The van der Waals surface area contributed by atoms with E-state index in [1.807, 2.05) is 0 Å². The van der Waals surface area contributed by atoms with Gasteiger partial charge in [0, 0.05) is 24.2 Å². The molecule has 0 saturated heterocycles. The summed E-state index contributed by atoms with van der Waals surface area (Å²) in [6, 6.07) is 0. The van der Waals surface area contributed by atoms with Crippen LogP contribution < -0.4 is 0 Å². The number of hydrogen-bond acceptors (Lipinski definition) is 3. The van der Waals surface area contributed by atoms with Gasteiger partial charge in [0.05, 0.1) is 6.33 Å². The van der Waals surface area contributed by atoms with Crippen molar-refractivity contribution in [2.45, 2.75) is 33.8 Å². The van der Waals surface area contributed by atoms with E-state index in [0.717, 1.165) is 5.69 Å². The van der Waals surface area contributed by atoms with Crippen molar-refractivity contribution >= 4 is 5.78 Å². The van der Waals surface area contributed by atoms with Crippen LogP contribution in [0.3, 0.4) is 0 Å². The van der Waals surface area contributed by atoms with Gasteiger partial charge in [-0.2, -0.15) is 0 Å². The van der Waals surface area contributed by atoms with Crippen LogP contribution in [-0.4, -0.2) is 27.0 Å². The van der Waals surface area contributed by atoms with Gasteiger partial charge < -0.3 is 10.1 Å². The second-order valence-corrected chi connectivity index (χ2v) is 3.35. The quantitative estimate of drug-likeness (QED) is 0.763. The highest BCUT2D eigenvalue weighted by Gasteiger charge is 2.18. The van der Waals surface area contributed by atoms with Gasteiger partial charge >= 0.3 is 0 Å². The average molecular weight is 198 g/mol. The van der Waals surface area contributed by atoms with E-state index in [4.69, 9.17) is 0 Å². The molecule has 1 atom stereocenters. The van der Waals surface area contributed by atoms with Crippen LogP contribution in [0.5, 0.6) is 0 Å². The standard InChI is InChI=1S/C9H14N2O2.CH4/c1-6(2)9(13)8(12)3-7-4-10-5-11-7;/h4-6,8,12H,3H2,1-2H3,(H,10,11);1H4/t8-;/m0./s1. The Morgan fingerprint density at radius 1 is 1.64 bits per heavy atom. The molecule has 80 valence electrons. The van der Waals surface area contributed by atoms with Gasteiger partial charge in [0.1, 0.15) is 6.10 Å². The van der Waals surface area contributed by atoms with Crippen LogP contribution in [0.2, 0.25) is 0 Å². The summed E-state index contributed by atoms with van der Waals surface area (Å²) in [5.41, 5.74) is 0.779. The first kappa shape index (κ1) is 12.8. The van der Waals surface area contributed by atoms with Crippen molar-refractivity contribution in [3.8, 4) is 0 Å². The number of aromatic nitrogens is 2. The lowest BCUT2D eigenvalue weighted by molar-refractivity contribution is -0.130. The molecule has 0 amide bonds. The fourth-order valence-electron chi connectivity index (χ4n) is 1.09. The Morgan fingerprint density at radius 2 is 2.29 bits per heavy atom. The number of aromatic amines is 1. The predicted octanol–water partition coefficient (Wildman–Crippen LogP) is 1.17. The summed E-state index contributed by atoms with van der Waals surface area (Å²) in [6.45, 7) is 3.55. The van der Waals surface area contributed by atoms with Crippen molar-refractivity contribution in [1.82, 2.24) is 9.97 Å². The first-order valence-electron chi connectivity index (χ1n) is 4.30. The number of aliphatic hydroxyl groups is 1. The van der Waals surface area contributed by atoms with Crippen LogP contribution in [0, 0.1) is 5.92 Å². The minimum Gasteiger partial charge on any atom is -0.385 e. The average Bonchev–Trinajstić information content (AvgIpc) is 2.55. The summed E-state index contributed by atoms with van der Waals surface area (Å²) >= 11 is 0. The Balaban J connectivity index is 0.00000169. The van der Waals surface area contributed by atoms with Gasteiger partial charge in [-0.3, -0.25) is 4.79 Å². The van der Waals surface area contributed by atoms with Crippen LogP contribution in [0.15, 0.2) is 12.5 Å². The SMILES string of the molecule is C.CC(C)C(=O)[C@@H](O)Cc1cnc[nH]1. The molecular formula is C10H18N2O2. The second-order valence-electron chi connectivity index (χ2n) is 3.35. The molecule has 4 heteroatoms. The maximum absolute atomic E-state index is 11.3. The zero-order valence-corrected chi connectivity index (χ0v) is 7.82. The van der Waals surface area contributed by atoms with Gasteiger partial charge in [0.15, 0.2) is 5.78 Å². The number of Topliss-reactive ketones (excluding diaryl/α,β-unsaturated/α-hetero) is 1. The molecule has 1 rings (SSSR count).